The highest BCUT2D eigenvalue weighted by molar-refractivity contribution is 8.00. The number of carbonyl (C=O) groups excluding carboxylic acids is 3. The molecule has 2 aliphatic rings. The third-order valence-corrected chi connectivity index (χ3v) is 10.2. The first-order valence-corrected chi connectivity index (χ1v) is 14.5. The van der Waals surface area contributed by atoms with Crippen molar-refractivity contribution in [2.75, 3.05) is 10.2 Å². The second-order valence-corrected chi connectivity index (χ2v) is 12.1. The first kappa shape index (κ1) is 26.8. The van der Waals surface area contributed by atoms with Crippen LogP contribution in [0.1, 0.15) is 16.4 Å². The van der Waals surface area contributed by atoms with Crippen molar-refractivity contribution in [2.45, 2.75) is 22.7 Å². The van der Waals surface area contributed by atoms with Gasteiger partial charge in [0.15, 0.2) is 0 Å². The number of thiazole rings is 1. The van der Waals surface area contributed by atoms with Crippen molar-refractivity contribution in [3.8, 4) is 0 Å². The smallest absolute Gasteiger partial charge is 0.308 e. The minimum atomic E-state index is -0.914. The summed E-state index contributed by atoms with van der Waals surface area (Å²) in [5, 5.41) is 2.74. The van der Waals surface area contributed by atoms with Crippen LogP contribution in [-0.2, 0) is 20.9 Å². The van der Waals surface area contributed by atoms with Crippen LogP contribution in [0.25, 0.3) is 0 Å². The third kappa shape index (κ3) is 4.54. The molecule has 0 aliphatic carbocycles. The van der Waals surface area contributed by atoms with Gasteiger partial charge in [0.05, 0.1) is 26.7 Å². The zero-order valence-electron chi connectivity index (χ0n) is 20.3. The lowest BCUT2D eigenvalue weighted by molar-refractivity contribution is -0.122. The number of imide groups is 1. The number of anilines is 2. The predicted octanol–water partition coefficient (Wildman–Crippen LogP) is 5.79. The maximum absolute atomic E-state index is 13.9. The van der Waals surface area contributed by atoms with Crippen LogP contribution in [0, 0.1) is 11.7 Å². The molecule has 7 nitrogen and oxygen atoms in total. The second kappa shape index (κ2) is 10.5. The van der Waals surface area contributed by atoms with E-state index in [1.165, 1.54) is 28.8 Å². The van der Waals surface area contributed by atoms with Gasteiger partial charge in [-0.2, -0.15) is 0 Å². The van der Waals surface area contributed by atoms with E-state index in [0.29, 0.717) is 21.2 Å². The minimum Gasteiger partial charge on any atom is -0.325 e. The largest absolute Gasteiger partial charge is 0.325 e. The van der Waals surface area contributed by atoms with E-state index in [0.717, 1.165) is 28.0 Å². The number of para-hydroxylation sites is 1. The van der Waals surface area contributed by atoms with Crippen LogP contribution in [0.2, 0.25) is 10.0 Å². The number of hydrogen-bond acceptors (Lipinski definition) is 6. The van der Waals surface area contributed by atoms with Gasteiger partial charge in [-0.05, 0) is 48.0 Å². The van der Waals surface area contributed by atoms with Crippen LogP contribution in [0.15, 0.2) is 82.6 Å². The Morgan fingerprint density at radius 2 is 1.65 bits per heavy atom. The Morgan fingerprint density at radius 3 is 2.38 bits per heavy atom. The lowest BCUT2D eigenvalue weighted by Gasteiger charge is -2.31. The number of benzene rings is 3. The molecule has 0 bridgehead atoms. The Balaban J connectivity index is 1.45. The van der Waals surface area contributed by atoms with Gasteiger partial charge in [-0.25, -0.2) is 9.29 Å². The predicted molar refractivity (Wildman–Crippen MR) is 154 cm³/mol. The fourth-order valence-corrected chi connectivity index (χ4v) is 8.25. The third-order valence-electron chi connectivity index (χ3n) is 6.81. The van der Waals surface area contributed by atoms with Crippen molar-refractivity contribution in [1.29, 1.82) is 0 Å². The number of amides is 3. The van der Waals surface area contributed by atoms with E-state index in [2.05, 4.69) is 5.32 Å². The molecule has 3 atom stereocenters. The topological polar surface area (TPSA) is 88.5 Å². The number of carbonyl (C=O) groups is 3. The molecule has 3 amide bonds. The molecule has 3 heterocycles. The summed E-state index contributed by atoms with van der Waals surface area (Å²) in [5.41, 5.74) is 1.31. The molecular formula is C28H18Cl2FN3O4S2. The summed E-state index contributed by atoms with van der Waals surface area (Å²) < 4.78 is 14.9. The summed E-state index contributed by atoms with van der Waals surface area (Å²) in [6.07, 6.45) is 0. The molecule has 6 rings (SSSR count). The molecule has 0 spiro atoms. The summed E-state index contributed by atoms with van der Waals surface area (Å²) in [6.45, 7) is -0.288. The standard InChI is InChI=1S/C28H18Cl2FN3O4S2/c29-18-8-4-7-17(22(18)30)20-21-23(26(37)34(25(21)36)16-11-9-14(31)10-12-16)39-27-24(20)40-28(38)33(27)13-19(35)32-15-5-2-1-3-6-15/h1-12,20-21,23H,13H2,(H,32,35)/t20-,21?,23?/m1/s1. The quantitative estimate of drug-likeness (QED) is 0.288. The number of aromatic nitrogens is 1. The van der Waals surface area contributed by atoms with Gasteiger partial charge in [-0.15, -0.1) is 0 Å². The van der Waals surface area contributed by atoms with E-state index in [1.54, 1.807) is 42.5 Å². The Morgan fingerprint density at radius 1 is 0.925 bits per heavy atom. The van der Waals surface area contributed by atoms with E-state index >= 15 is 0 Å². The van der Waals surface area contributed by atoms with Crippen LogP contribution in [0.4, 0.5) is 15.8 Å². The molecule has 1 saturated heterocycles. The lowest BCUT2D eigenvalue weighted by Crippen LogP contribution is -2.33. The average Bonchev–Trinajstić information content (AvgIpc) is 3.38. The summed E-state index contributed by atoms with van der Waals surface area (Å²) in [4.78, 5) is 54.9. The molecular weight excluding hydrogens is 596 g/mol. The molecule has 12 heteroatoms. The maximum Gasteiger partial charge on any atom is 0.308 e. The van der Waals surface area contributed by atoms with Crippen LogP contribution in [0.5, 0.6) is 0 Å². The number of rotatable bonds is 5. The number of halogens is 3. The average molecular weight is 615 g/mol. The van der Waals surface area contributed by atoms with Gasteiger partial charge in [-0.3, -0.25) is 23.7 Å². The van der Waals surface area contributed by atoms with E-state index in [-0.39, 0.29) is 22.3 Å². The Labute approximate surface area is 245 Å². The summed E-state index contributed by atoms with van der Waals surface area (Å²) >= 11 is 14.9. The Hall–Kier alpha value is -3.44. The SMILES string of the molecule is O=C(Cn1c2c(sc1=O)[C@H](c1cccc(Cl)c1Cl)C1C(=O)N(c3ccc(F)cc3)C(=O)C1S2)Nc1ccccc1. The Kier molecular flexibility index (Phi) is 7.03. The highest BCUT2D eigenvalue weighted by Gasteiger charge is 2.57. The van der Waals surface area contributed by atoms with Crippen LogP contribution >= 0.6 is 46.3 Å². The van der Waals surface area contributed by atoms with Crippen molar-refractivity contribution < 1.29 is 18.8 Å². The first-order chi connectivity index (χ1) is 19.2. The van der Waals surface area contributed by atoms with Crippen LogP contribution in [0.3, 0.4) is 0 Å². The molecule has 4 aromatic rings. The maximum atomic E-state index is 13.9. The van der Waals surface area contributed by atoms with Crippen LogP contribution < -0.4 is 15.1 Å². The second-order valence-electron chi connectivity index (χ2n) is 9.21. The van der Waals surface area contributed by atoms with Gasteiger partial charge in [0.1, 0.15) is 17.6 Å². The number of hydrogen-bond donors (Lipinski definition) is 1. The molecule has 202 valence electrons. The number of nitrogens with zero attached hydrogens (tertiary/aromatic N) is 2. The van der Waals surface area contributed by atoms with Gasteiger partial charge in [-0.1, -0.05) is 76.6 Å². The molecule has 1 aromatic heterocycles. The van der Waals surface area contributed by atoms with Gasteiger partial charge >= 0.3 is 4.87 Å². The summed E-state index contributed by atoms with van der Waals surface area (Å²) in [7, 11) is 0. The van der Waals surface area contributed by atoms with Crippen molar-refractivity contribution in [1.82, 2.24) is 4.57 Å². The molecule has 2 unspecified atom stereocenters. The number of fused-ring (bicyclic) bond motifs is 2. The Bertz CT molecular complexity index is 1730. The van der Waals surface area contributed by atoms with Gasteiger partial charge < -0.3 is 5.32 Å². The highest BCUT2D eigenvalue weighted by Crippen LogP contribution is 2.55. The zero-order valence-corrected chi connectivity index (χ0v) is 23.5. The number of nitrogens with one attached hydrogen (secondary N) is 1. The highest BCUT2D eigenvalue weighted by atomic mass is 35.5. The summed E-state index contributed by atoms with van der Waals surface area (Å²) in [6, 6.07) is 18.9. The van der Waals surface area contributed by atoms with E-state index < -0.39 is 45.5 Å². The molecule has 2 aliphatic heterocycles. The van der Waals surface area contributed by atoms with Crippen molar-refractivity contribution in [2.24, 2.45) is 5.92 Å². The zero-order chi connectivity index (χ0) is 28.1. The van der Waals surface area contributed by atoms with Gasteiger partial charge in [0, 0.05) is 16.5 Å². The molecule has 1 N–H and O–H groups in total. The monoisotopic (exact) mass is 613 g/mol. The number of thioether (sulfide) groups is 1. The van der Waals surface area contributed by atoms with E-state index in [4.69, 9.17) is 23.2 Å². The van der Waals surface area contributed by atoms with E-state index in [1.807, 2.05) is 6.07 Å². The van der Waals surface area contributed by atoms with Crippen molar-refractivity contribution in [3.05, 3.63) is 109 Å². The van der Waals surface area contributed by atoms with Crippen LogP contribution in [-0.4, -0.2) is 27.5 Å². The fraction of sp³-hybridized carbons (Fsp3) is 0.143. The molecule has 3 aromatic carbocycles. The van der Waals surface area contributed by atoms with Gasteiger partial charge in [0.25, 0.3) is 0 Å². The first-order valence-electron chi connectivity index (χ1n) is 12.1. The fourth-order valence-electron chi connectivity index (χ4n) is 5.06. The summed E-state index contributed by atoms with van der Waals surface area (Å²) in [5.74, 6) is -3.59. The lowest BCUT2D eigenvalue weighted by atomic mass is 9.83. The van der Waals surface area contributed by atoms with Crippen molar-refractivity contribution >= 4 is 75.4 Å². The minimum absolute atomic E-state index is 0.209. The molecule has 1 fully saturated rings. The normalized spacial score (nSPS) is 19.9. The van der Waals surface area contributed by atoms with Crippen molar-refractivity contribution in [3.63, 3.8) is 0 Å². The molecule has 0 saturated carbocycles. The molecule has 40 heavy (non-hydrogen) atoms. The van der Waals surface area contributed by atoms with E-state index in [9.17, 15) is 23.6 Å². The molecule has 0 radical (unpaired) electrons. The van der Waals surface area contributed by atoms with Gasteiger partial charge in [0.2, 0.25) is 17.7 Å².